The molecule has 0 bridgehead atoms. The van der Waals surface area contributed by atoms with Crippen LogP contribution in [0.3, 0.4) is 0 Å². The third-order valence-electron chi connectivity index (χ3n) is 5.71. The second kappa shape index (κ2) is 7.70. The summed E-state index contributed by atoms with van der Waals surface area (Å²) in [5.74, 6) is 2.87. The highest BCUT2D eigenvalue weighted by molar-refractivity contribution is 7.19. The number of anilines is 1. The molecule has 1 aliphatic heterocycles. The summed E-state index contributed by atoms with van der Waals surface area (Å²) < 4.78 is 5.63. The lowest BCUT2D eigenvalue weighted by atomic mass is 9.96. The molecule has 0 aliphatic carbocycles. The van der Waals surface area contributed by atoms with Crippen LogP contribution in [0.25, 0.3) is 21.3 Å². The first-order valence-electron chi connectivity index (χ1n) is 10.3. The quantitative estimate of drug-likeness (QED) is 0.532. The number of ether oxygens (including phenoxy) is 1. The maximum atomic E-state index is 5.63. The molecule has 3 aromatic rings. The van der Waals surface area contributed by atoms with E-state index in [2.05, 4.69) is 49.9 Å². The van der Waals surface area contributed by atoms with Gasteiger partial charge in [0, 0.05) is 22.5 Å². The second-order valence-corrected chi connectivity index (χ2v) is 9.00. The van der Waals surface area contributed by atoms with Crippen molar-refractivity contribution < 1.29 is 4.74 Å². The zero-order valence-electron chi connectivity index (χ0n) is 17.5. The van der Waals surface area contributed by atoms with Crippen LogP contribution < -0.4 is 9.64 Å². The van der Waals surface area contributed by atoms with Crippen LogP contribution in [0, 0.1) is 13.8 Å². The molecule has 0 N–H and O–H groups in total. The number of thiophene rings is 1. The lowest BCUT2D eigenvalue weighted by Crippen LogP contribution is -2.44. The predicted molar refractivity (Wildman–Crippen MR) is 119 cm³/mol. The van der Waals surface area contributed by atoms with Crippen LogP contribution in [0.15, 0.2) is 24.3 Å². The predicted octanol–water partition coefficient (Wildman–Crippen LogP) is 6.14. The van der Waals surface area contributed by atoms with Gasteiger partial charge < -0.3 is 9.64 Å². The van der Waals surface area contributed by atoms with Gasteiger partial charge in [-0.25, -0.2) is 9.97 Å². The second-order valence-electron chi connectivity index (χ2n) is 7.80. The van der Waals surface area contributed by atoms with E-state index in [0.717, 1.165) is 22.2 Å². The molecule has 4 nitrogen and oxygen atoms in total. The summed E-state index contributed by atoms with van der Waals surface area (Å²) in [6.07, 6.45) is 3.73. The number of hydrogen-bond acceptors (Lipinski definition) is 5. The Labute approximate surface area is 171 Å². The van der Waals surface area contributed by atoms with Gasteiger partial charge in [0.1, 0.15) is 22.2 Å². The standard InChI is InChI=1S/C23H29N3OS/c1-6-27-19-12-10-18(11-13-19)20-16(4)28-23-21(20)22(24-17(5)25-23)26-14(2)8-7-9-15(26)3/h10-15H,6-9H2,1-5H3. The molecule has 0 radical (unpaired) electrons. The smallest absolute Gasteiger partial charge is 0.142 e. The van der Waals surface area contributed by atoms with E-state index >= 15 is 0 Å². The van der Waals surface area contributed by atoms with Crippen molar-refractivity contribution in [3.63, 3.8) is 0 Å². The van der Waals surface area contributed by atoms with Crippen molar-refractivity contribution in [1.82, 2.24) is 9.97 Å². The van der Waals surface area contributed by atoms with Gasteiger partial charge >= 0.3 is 0 Å². The SMILES string of the molecule is CCOc1ccc(-c2c(C)sc3nc(C)nc(N4C(C)CCCC4C)c23)cc1. The van der Waals surface area contributed by atoms with Gasteiger partial charge in [-0.15, -0.1) is 11.3 Å². The summed E-state index contributed by atoms with van der Waals surface area (Å²) in [6.45, 7) is 11.6. The Balaban J connectivity index is 1.91. The van der Waals surface area contributed by atoms with Crippen molar-refractivity contribution in [3.05, 3.63) is 35.0 Å². The van der Waals surface area contributed by atoms with Crippen molar-refractivity contribution in [2.75, 3.05) is 11.5 Å². The first-order valence-corrected chi connectivity index (χ1v) is 11.1. The summed E-state index contributed by atoms with van der Waals surface area (Å²) in [6, 6.07) is 9.42. The lowest BCUT2D eigenvalue weighted by molar-refractivity contribution is 0.340. The van der Waals surface area contributed by atoms with Crippen LogP contribution in [0.1, 0.15) is 50.7 Å². The fourth-order valence-electron chi connectivity index (χ4n) is 4.46. The van der Waals surface area contributed by atoms with Gasteiger partial charge in [0.25, 0.3) is 0 Å². The molecular formula is C23H29N3OS. The molecule has 28 heavy (non-hydrogen) atoms. The van der Waals surface area contributed by atoms with E-state index in [1.807, 2.05) is 13.8 Å². The van der Waals surface area contributed by atoms with Crippen molar-refractivity contribution >= 4 is 27.4 Å². The van der Waals surface area contributed by atoms with E-state index in [9.17, 15) is 0 Å². The van der Waals surface area contributed by atoms with Crippen LogP contribution in [-0.4, -0.2) is 28.7 Å². The highest BCUT2D eigenvalue weighted by atomic mass is 32.1. The monoisotopic (exact) mass is 395 g/mol. The van der Waals surface area contributed by atoms with Gasteiger partial charge in [0.05, 0.1) is 12.0 Å². The molecule has 148 valence electrons. The topological polar surface area (TPSA) is 38.3 Å². The third-order valence-corrected chi connectivity index (χ3v) is 6.71. The van der Waals surface area contributed by atoms with Crippen molar-refractivity contribution in [1.29, 1.82) is 0 Å². The molecule has 1 aliphatic rings. The molecule has 2 unspecified atom stereocenters. The van der Waals surface area contributed by atoms with Crippen LogP contribution in [0.5, 0.6) is 5.75 Å². The Morgan fingerprint density at radius 1 is 1.07 bits per heavy atom. The van der Waals surface area contributed by atoms with Gasteiger partial charge in [0.2, 0.25) is 0 Å². The van der Waals surface area contributed by atoms with E-state index in [0.29, 0.717) is 18.7 Å². The van der Waals surface area contributed by atoms with Gasteiger partial charge in [-0.05, 0) is 71.6 Å². The number of benzene rings is 1. The number of nitrogens with zero attached hydrogens (tertiary/aromatic N) is 3. The van der Waals surface area contributed by atoms with Crippen molar-refractivity contribution in [2.45, 2.75) is 66.0 Å². The van der Waals surface area contributed by atoms with Crippen LogP contribution >= 0.6 is 11.3 Å². The highest BCUT2D eigenvalue weighted by Gasteiger charge is 2.30. The summed E-state index contributed by atoms with van der Waals surface area (Å²) in [5.41, 5.74) is 2.47. The number of rotatable bonds is 4. The number of piperidine rings is 1. The van der Waals surface area contributed by atoms with E-state index in [1.54, 1.807) is 11.3 Å². The molecule has 2 aromatic heterocycles. The number of hydrogen-bond donors (Lipinski definition) is 0. The number of aromatic nitrogens is 2. The molecule has 0 amide bonds. The molecule has 1 fully saturated rings. The fraction of sp³-hybridized carbons (Fsp3) is 0.478. The Bertz CT molecular complexity index is 970. The number of fused-ring (bicyclic) bond motifs is 1. The minimum atomic E-state index is 0.495. The lowest BCUT2D eigenvalue weighted by Gasteiger charge is -2.40. The first kappa shape index (κ1) is 19.2. The Morgan fingerprint density at radius 3 is 2.39 bits per heavy atom. The zero-order valence-corrected chi connectivity index (χ0v) is 18.3. The average molecular weight is 396 g/mol. The Hall–Kier alpha value is -2.14. The fourth-order valence-corrected chi connectivity index (χ4v) is 5.54. The third kappa shape index (κ3) is 3.37. The van der Waals surface area contributed by atoms with Crippen molar-refractivity contribution in [2.24, 2.45) is 0 Å². The van der Waals surface area contributed by atoms with E-state index in [1.165, 1.54) is 40.7 Å². The minimum absolute atomic E-state index is 0.495. The largest absolute Gasteiger partial charge is 0.494 e. The van der Waals surface area contributed by atoms with Gasteiger partial charge in [-0.1, -0.05) is 12.1 Å². The summed E-state index contributed by atoms with van der Waals surface area (Å²) >= 11 is 1.77. The maximum Gasteiger partial charge on any atom is 0.142 e. The summed E-state index contributed by atoms with van der Waals surface area (Å²) in [4.78, 5) is 14.7. The normalized spacial score (nSPS) is 20.0. The molecule has 0 saturated carbocycles. The molecular weight excluding hydrogens is 366 g/mol. The molecule has 3 heterocycles. The summed E-state index contributed by atoms with van der Waals surface area (Å²) in [7, 11) is 0. The zero-order chi connectivity index (χ0) is 19.8. The van der Waals surface area contributed by atoms with Crippen LogP contribution in [0.2, 0.25) is 0 Å². The maximum absolute atomic E-state index is 5.63. The van der Waals surface area contributed by atoms with E-state index in [-0.39, 0.29) is 0 Å². The Morgan fingerprint density at radius 2 is 1.75 bits per heavy atom. The van der Waals surface area contributed by atoms with E-state index < -0.39 is 0 Å². The molecule has 1 aromatic carbocycles. The first-order chi connectivity index (χ1) is 13.5. The van der Waals surface area contributed by atoms with Crippen LogP contribution in [-0.2, 0) is 0 Å². The minimum Gasteiger partial charge on any atom is -0.494 e. The summed E-state index contributed by atoms with van der Waals surface area (Å²) in [5, 5.41) is 1.21. The van der Waals surface area contributed by atoms with Crippen molar-refractivity contribution in [3.8, 4) is 16.9 Å². The Kier molecular flexibility index (Phi) is 5.28. The van der Waals surface area contributed by atoms with Gasteiger partial charge in [-0.2, -0.15) is 0 Å². The highest BCUT2D eigenvalue weighted by Crippen LogP contribution is 2.44. The number of aryl methyl sites for hydroxylation is 2. The molecule has 1 saturated heterocycles. The van der Waals surface area contributed by atoms with E-state index in [4.69, 9.17) is 14.7 Å². The van der Waals surface area contributed by atoms with Gasteiger partial charge in [0.15, 0.2) is 0 Å². The molecule has 4 rings (SSSR count). The molecule has 0 spiro atoms. The molecule has 2 atom stereocenters. The van der Waals surface area contributed by atoms with Crippen LogP contribution in [0.4, 0.5) is 5.82 Å². The molecule has 5 heteroatoms. The van der Waals surface area contributed by atoms with Gasteiger partial charge in [-0.3, -0.25) is 0 Å². The average Bonchev–Trinajstić information content (AvgIpc) is 2.98.